The van der Waals surface area contributed by atoms with Gasteiger partial charge in [0.1, 0.15) is 5.60 Å². The summed E-state index contributed by atoms with van der Waals surface area (Å²) in [6.45, 7) is 8.25. The smallest absolute Gasteiger partial charge is 0.410 e. The van der Waals surface area contributed by atoms with E-state index in [0.717, 1.165) is 37.5 Å². The van der Waals surface area contributed by atoms with Gasteiger partial charge in [-0.05, 0) is 63.1 Å². The van der Waals surface area contributed by atoms with Crippen LogP contribution in [0.15, 0.2) is 24.3 Å². The van der Waals surface area contributed by atoms with E-state index in [1.165, 1.54) is 5.56 Å². The van der Waals surface area contributed by atoms with Crippen LogP contribution < -0.4 is 5.32 Å². The second-order valence-electron chi connectivity index (χ2n) is 8.08. The topological polar surface area (TPSA) is 41.6 Å². The van der Waals surface area contributed by atoms with Crippen LogP contribution in [0.5, 0.6) is 0 Å². The number of ether oxygens (including phenoxy) is 1. The molecule has 3 rings (SSSR count). The highest BCUT2D eigenvalue weighted by Gasteiger charge is 2.43. The molecule has 1 amide bonds. The maximum absolute atomic E-state index is 12.2. The molecule has 0 radical (unpaired) electrons. The van der Waals surface area contributed by atoms with Gasteiger partial charge in [-0.25, -0.2) is 4.79 Å². The molecule has 1 saturated heterocycles. The number of benzene rings is 1. The highest BCUT2D eigenvalue weighted by molar-refractivity contribution is 6.30. The Morgan fingerprint density at radius 2 is 1.96 bits per heavy atom. The number of nitrogens with one attached hydrogen (secondary N) is 1. The fourth-order valence-corrected chi connectivity index (χ4v) is 4.06. The summed E-state index contributed by atoms with van der Waals surface area (Å²) < 4.78 is 5.49. The lowest BCUT2D eigenvalue weighted by Crippen LogP contribution is -2.37. The van der Waals surface area contributed by atoms with Gasteiger partial charge in [0.25, 0.3) is 0 Å². The number of nitrogens with zero attached hydrogens (tertiary/aromatic N) is 1. The summed E-state index contributed by atoms with van der Waals surface area (Å²) in [5.41, 5.74) is 0.797. The van der Waals surface area contributed by atoms with Crippen LogP contribution in [-0.2, 0) is 11.3 Å². The average Bonchev–Trinajstić information content (AvgIpc) is 3.01. The molecule has 0 unspecified atom stereocenters. The summed E-state index contributed by atoms with van der Waals surface area (Å²) >= 11 is 6.03. The van der Waals surface area contributed by atoms with Crippen molar-refractivity contribution in [1.82, 2.24) is 10.2 Å². The highest BCUT2D eigenvalue weighted by atomic mass is 35.5. The van der Waals surface area contributed by atoms with E-state index >= 15 is 0 Å². The zero-order valence-corrected chi connectivity index (χ0v) is 15.5. The second-order valence-corrected chi connectivity index (χ2v) is 8.52. The van der Waals surface area contributed by atoms with Crippen LogP contribution in [0.2, 0.25) is 5.02 Å². The minimum atomic E-state index is -0.421. The Bertz CT molecular complexity index is 585. The molecule has 0 spiro atoms. The average molecular weight is 351 g/mol. The van der Waals surface area contributed by atoms with E-state index in [4.69, 9.17) is 16.3 Å². The van der Waals surface area contributed by atoms with E-state index in [-0.39, 0.29) is 6.09 Å². The third-order valence-corrected chi connectivity index (χ3v) is 5.12. The number of likely N-dealkylation sites (tertiary alicyclic amines) is 1. The lowest BCUT2D eigenvalue weighted by atomic mass is 10.0. The van der Waals surface area contributed by atoms with Crippen molar-refractivity contribution in [2.24, 2.45) is 11.8 Å². The summed E-state index contributed by atoms with van der Waals surface area (Å²) in [6, 6.07) is 8.52. The van der Waals surface area contributed by atoms with Crippen LogP contribution >= 0.6 is 11.6 Å². The molecule has 1 N–H and O–H groups in total. The number of carbonyl (C=O) groups is 1. The molecular weight excluding hydrogens is 324 g/mol. The number of rotatable bonds is 3. The summed E-state index contributed by atoms with van der Waals surface area (Å²) in [4.78, 5) is 14.1. The predicted octanol–water partition coefficient (Wildman–Crippen LogP) is 4.08. The predicted molar refractivity (Wildman–Crippen MR) is 96.1 cm³/mol. The molecule has 2 fully saturated rings. The number of carbonyl (C=O) groups excluding carboxylic acids is 1. The Kier molecular flexibility index (Phi) is 5.07. The van der Waals surface area contributed by atoms with Gasteiger partial charge in [-0.1, -0.05) is 23.7 Å². The van der Waals surface area contributed by atoms with Gasteiger partial charge < -0.3 is 15.0 Å². The molecule has 4 nitrogen and oxygen atoms in total. The Hall–Kier alpha value is -1.26. The molecule has 1 aromatic carbocycles. The summed E-state index contributed by atoms with van der Waals surface area (Å²) in [7, 11) is 0. The SMILES string of the molecule is CC(C)(C)OC(=O)N1C[C@H]2C[C@@H](NCc3cccc(Cl)c3)C[C@H]2C1. The maximum Gasteiger partial charge on any atom is 0.410 e. The Labute approximate surface area is 149 Å². The van der Waals surface area contributed by atoms with Gasteiger partial charge in [-0.2, -0.15) is 0 Å². The van der Waals surface area contributed by atoms with Crippen molar-refractivity contribution in [2.45, 2.75) is 51.8 Å². The van der Waals surface area contributed by atoms with Crippen LogP contribution in [0, 0.1) is 11.8 Å². The first-order chi connectivity index (χ1) is 11.3. The van der Waals surface area contributed by atoms with Crippen molar-refractivity contribution in [3.8, 4) is 0 Å². The molecule has 3 atom stereocenters. The number of hydrogen-bond acceptors (Lipinski definition) is 3. The summed E-state index contributed by atoms with van der Waals surface area (Å²) in [6.07, 6.45) is 2.09. The standard InChI is InChI=1S/C19H27ClN2O2/c1-19(2,3)24-18(23)22-11-14-8-17(9-15(14)12-22)21-10-13-5-4-6-16(20)7-13/h4-7,14-15,17,21H,8-12H2,1-3H3/t14-,15+,17-. The number of amides is 1. The van der Waals surface area contributed by atoms with Gasteiger partial charge in [0.15, 0.2) is 0 Å². The van der Waals surface area contributed by atoms with Crippen molar-refractivity contribution in [3.63, 3.8) is 0 Å². The monoisotopic (exact) mass is 350 g/mol. The van der Waals surface area contributed by atoms with Crippen molar-refractivity contribution in [2.75, 3.05) is 13.1 Å². The van der Waals surface area contributed by atoms with Crippen LogP contribution in [0.3, 0.4) is 0 Å². The third kappa shape index (κ3) is 4.42. The highest BCUT2D eigenvalue weighted by Crippen LogP contribution is 2.38. The van der Waals surface area contributed by atoms with Crippen LogP contribution in [0.1, 0.15) is 39.2 Å². The minimum absolute atomic E-state index is 0.166. The lowest BCUT2D eigenvalue weighted by Gasteiger charge is -2.25. The molecule has 5 heteroatoms. The quantitative estimate of drug-likeness (QED) is 0.893. The lowest BCUT2D eigenvalue weighted by molar-refractivity contribution is 0.0279. The second kappa shape index (κ2) is 6.93. The number of fused-ring (bicyclic) bond motifs is 1. The normalized spacial score (nSPS) is 26.5. The zero-order chi connectivity index (χ0) is 17.3. The Morgan fingerprint density at radius 1 is 1.29 bits per heavy atom. The van der Waals surface area contributed by atoms with E-state index in [1.807, 2.05) is 43.9 Å². The molecule has 1 saturated carbocycles. The van der Waals surface area contributed by atoms with Gasteiger partial charge in [0, 0.05) is 30.7 Å². The summed E-state index contributed by atoms with van der Waals surface area (Å²) in [5, 5.41) is 4.43. The number of halogens is 1. The van der Waals surface area contributed by atoms with Gasteiger partial charge in [0.05, 0.1) is 0 Å². The van der Waals surface area contributed by atoms with Crippen molar-refractivity contribution in [3.05, 3.63) is 34.9 Å². The zero-order valence-electron chi connectivity index (χ0n) is 14.7. The molecule has 2 aliphatic rings. The summed E-state index contributed by atoms with van der Waals surface area (Å²) in [5.74, 6) is 1.18. The van der Waals surface area contributed by atoms with Crippen molar-refractivity contribution >= 4 is 17.7 Å². The van der Waals surface area contributed by atoms with Crippen molar-refractivity contribution < 1.29 is 9.53 Å². The van der Waals surface area contributed by atoms with E-state index in [9.17, 15) is 4.79 Å². The van der Waals surface area contributed by atoms with Gasteiger partial charge >= 0.3 is 6.09 Å². The molecule has 24 heavy (non-hydrogen) atoms. The largest absolute Gasteiger partial charge is 0.444 e. The van der Waals surface area contributed by atoms with Gasteiger partial charge in [0.2, 0.25) is 0 Å². The van der Waals surface area contributed by atoms with E-state index in [0.29, 0.717) is 17.9 Å². The van der Waals surface area contributed by atoms with E-state index in [1.54, 1.807) is 0 Å². The van der Waals surface area contributed by atoms with Gasteiger partial charge in [-0.15, -0.1) is 0 Å². The van der Waals surface area contributed by atoms with Crippen LogP contribution in [0.25, 0.3) is 0 Å². The molecule has 1 aliphatic carbocycles. The van der Waals surface area contributed by atoms with Crippen LogP contribution in [-0.4, -0.2) is 35.7 Å². The van der Waals surface area contributed by atoms with E-state index in [2.05, 4.69) is 11.4 Å². The first kappa shape index (κ1) is 17.6. The molecule has 132 valence electrons. The van der Waals surface area contributed by atoms with Crippen LogP contribution in [0.4, 0.5) is 4.79 Å². The molecule has 0 aromatic heterocycles. The number of hydrogen-bond donors (Lipinski definition) is 1. The third-order valence-electron chi connectivity index (χ3n) is 4.89. The molecule has 0 bridgehead atoms. The Balaban J connectivity index is 1.46. The fourth-order valence-electron chi connectivity index (χ4n) is 3.85. The molecule has 1 heterocycles. The molecule has 1 aromatic rings. The molecular formula is C19H27ClN2O2. The van der Waals surface area contributed by atoms with Gasteiger partial charge in [-0.3, -0.25) is 0 Å². The van der Waals surface area contributed by atoms with Crippen molar-refractivity contribution in [1.29, 1.82) is 0 Å². The first-order valence-corrected chi connectivity index (χ1v) is 9.14. The fraction of sp³-hybridized carbons (Fsp3) is 0.632. The Morgan fingerprint density at radius 3 is 2.54 bits per heavy atom. The first-order valence-electron chi connectivity index (χ1n) is 8.76. The van der Waals surface area contributed by atoms with E-state index < -0.39 is 5.60 Å². The molecule has 1 aliphatic heterocycles. The minimum Gasteiger partial charge on any atom is -0.444 e. The maximum atomic E-state index is 12.2.